The van der Waals surface area contributed by atoms with Crippen LogP contribution in [0, 0.1) is 0 Å². The lowest BCUT2D eigenvalue weighted by Crippen LogP contribution is -2.36. The van der Waals surface area contributed by atoms with E-state index in [0.717, 1.165) is 5.56 Å². The van der Waals surface area contributed by atoms with E-state index < -0.39 is 24.9 Å². The molecule has 0 radical (unpaired) electrons. The molecule has 6 heteroatoms. The summed E-state index contributed by atoms with van der Waals surface area (Å²) in [7, 11) is 1.50. The molecule has 0 spiro atoms. The second kappa shape index (κ2) is 6.63. The summed E-state index contributed by atoms with van der Waals surface area (Å²) in [5, 5.41) is 9.16. The topological polar surface area (TPSA) is 40.5 Å². The van der Waals surface area contributed by atoms with Crippen molar-refractivity contribution in [3.63, 3.8) is 0 Å². The van der Waals surface area contributed by atoms with Gasteiger partial charge in [-0.25, -0.2) is 0 Å². The van der Waals surface area contributed by atoms with E-state index in [1.165, 1.54) is 24.1 Å². The van der Waals surface area contributed by atoms with E-state index in [-0.39, 0.29) is 11.8 Å². The van der Waals surface area contributed by atoms with Gasteiger partial charge in [-0.2, -0.15) is 13.2 Å². The van der Waals surface area contributed by atoms with Crippen LogP contribution < -0.4 is 0 Å². The molecular weight excluding hydrogens is 271 g/mol. The average molecular weight is 289 g/mol. The number of carbonyl (C=O) groups is 1. The Morgan fingerprint density at radius 2 is 1.85 bits per heavy atom. The van der Waals surface area contributed by atoms with E-state index in [4.69, 9.17) is 5.11 Å². The SMILES string of the molecule is C[C@@H](Cc1ccc(O)cc1)N(C)C(=O)CCC(F)(F)F. The van der Waals surface area contributed by atoms with Crippen LogP contribution in [0.15, 0.2) is 24.3 Å². The Labute approximate surface area is 116 Å². The van der Waals surface area contributed by atoms with Crippen LogP contribution >= 0.6 is 0 Å². The van der Waals surface area contributed by atoms with Crippen molar-refractivity contribution >= 4 is 5.91 Å². The minimum atomic E-state index is -4.31. The Bertz CT molecular complexity index is 443. The summed E-state index contributed by atoms with van der Waals surface area (Å²) in [6, 6.07) is 6.31. The van der Waals surface area contributed by atoms with Gasteiger partial charge in [0.25, 0.3) is 0 Å². The van der Waals surface area contributed by atoms with E-state index in [0.29, 0.717) is 6.42 Å². The molecule has 1 rings (SSSR count). The predicted octanol–water partition coefficient (Wildman–Crippen LogP) is 3.12. The maximum atomic E-state index is 12.1. The van der Waals surface area contributed by atoms with E-state index in [2.05, 4.69) is 0 Å². The summed E-state index contributed by atoms with van der Waals surface area (Å²) in [5.41, 5.74) is 0.908. The van der Waals surface area contributed by atoms with Crippen molar-refractivity contribution < 1.29 is 23.1 Å². The number of halogens is 3. The Balaban J connectivity index is 2.51. The third-order valence-corrected chi connectivity index (χ3v) is 3.14. The number of aromatic hydroxyl groups is 1. The quantitative estimate of drug-likeness (QED) is 0.904. The number of hydrogen-bond acceptors (Lipinski definition) is 2. The molecule has 1 amide bonds. The first kappa shape index (κ1) is 16.3. The van der Waals surface area contributed by atoms with Crippen molar-refractivity contribution in [2.24, 2.45) is 0 Å². The lowest BCUT2D eigenvalue weighted by Gasteiger charge is -2.25. The monoisotopic (exact) mass is 289 g/mol. The first-order valence-electron chi connectivity index (χ1n) is 6.29. The fourth-order valence-corrected chi connectivity index (χ4v) is 1.78. The molecule has 0 aromatic heterocycles. The highest BCUT2D eigenvalue weighted by molar-refractivity contribution is 5.76. The van der Waals surface area contributed by atoms with Gasteiger partial charge in [0.1, 0.15) is 5.75 Å². The molecule has 0 saturated carbocycles. The molecule has 3 nitrogen and oxygen atoms in total. The highest BCUT2D eigenvalue weighted by atomic mass is 19.4. The van der Waals surface area contributed by atoms with Crippen LogP contribution in [0.3, 0.4) is 0 Å². The van der Waals surface area contributed by atoms with Gasteiger partial charge in [-0.1, -0.05) is 12.1 Å². The molecule has 0 unspecified atom stereocenters. The number of amides is 1. The third-order valence-electron chi connectivity index (χ3n) is 3.14. The largest absolute Gasteiger partial charge is 0.508 e. The van der Waals surface area contributed by atoms with Gasteiger partial charge in [-0.3, -0.25) is 4.79 Å². The standard InChI is InChI=1S/C14H18F3NO2/c1-10(9-11-3-5-12(19)6-4-11)18(2)13(20)7-8-14(15,16)17/h3-6,10,19H,7-9H2,1-2H3/t10-/m0/s1. The lowest BCUT2D eigenvalue weighted by molar-refractivity contribution is -0.149. The second-order valence-electron chi connectivity index (χ2n) is 4.84. The average Bonchev–Trinajstić information content (AvgIpc) is 2.36. The van der Waals surface area contributed by atoms with Crippen molar-refractivity contribution in [2.45, 2.75) is 38.4 Å². The van der Waals surface area contributed by atoms with E-state index >= 15 is 0 Å². The number of nitrogens with zero attached hydrogens (tertiary/aromatic N) is 1. The first-order valence-corrected chi connectivity index (χ1v) is 6.29. The van der Waals surface area contributed by atoms with Crippen LogP contribution in [-0.4, -0.2) is 35.2 Å². The molecule has 0 saturated heterocycles. The van der Waals surface area contributed by atoms with Gasteiger partial charge in [0.15, 0.2) is 0 Å². The van der Waals surface area contributed by atoms with Crippen molar-refractivity contribution in [1.82, 2.24) is 4.90 Å². The van der Waals surface area contributed by atoms with Crippen LogP contribution in [0.1, 0.15) is 25.3 Å². The van der Waals surface area contributed by atoms with Crippen molar-refractivity contribution in [2.75, 3.05) is 7.05 Å². The summed E-state index contributed by atoms with van der Waals surface area (Å²) in [6.07, 6.45) is -5.41. The number of carbonyl (C=O) groups excluding carboxylic acids is 1. The van der Waals surface area contributed by atoms with Crippen molar-refractivity contribution in [3.05, 3.63) is 29.8 Å². The molecule has 0 fully saturated rings. The van der Waals surface area contributed by atoms with Crippen LogP contribution in [0.4, 0.5) is 13.2 Å². The maximum Gasteiger partial charge on any atom is 0.389 e. The van der Waals surface area contributed by atoms with Gasteiger partial charge in [0, 0.05) is 19.5 Å². The molecule has 1 aromatic rings. The summed E-state index contributed by atoms with van der Waals surface area (Å²) in [5.74, 6) is -0.371. The molecule has 0 aliphatic rings. The van der Waals surface area contributed by atoms with Gasteiger partial charge in [0.2, 0.25) is 5.91 Å². The molecule has 1 N–H and O–H groups in total. The minimum absolute atomic E-state index is 0.149. The van der Waals surface area contributed by atoms with E-state index in [1.54, 1.807) is 19.1 Å². The lowest BCUT2D eigenvalue weighted by atomic mass is 10.1. The number of benzene rings is 1. The zero-order valence-electron chi connectivity index (χ0n) is 11.4. The maximum absolute atomic E-state index is 12.1. The zero-order valence-corrected chi connectivity index (χ0v) is 11.4. The van der Waals surface area contributed by atoms with Gasteiger partial charge in [-0.15, -0.1) is 0 Å². The fraction of sp³-hybridized carbons (Fsp3) is 0.500. The molecule has 0 heterocycles. The van der Waals surface area contributed by atoms with E-state index in [1.807, 2.05) is 0 Å². The predicted molar refractivity (Wildman–Crippen MR) is 69.3 cm³/mol. The normalized spacial score (nSPS) is 13.1. The summed E-state index contributed by atoms with van der Waals surface area (Å²) in [4.78, 5) is 13.0. The zero-order chi connectivity index (χ0) is 15.3. The Hall–Kier alpha value is -1.72. The van der Waals surface area contributed by atoms with Crippen molar-refractivity contribution in [3.8, 4) is 5.75 Å². The van der Waals surface area contributed by atoms with Crippen LogP contribution in [0.5, 0.6) is 5.75 Å². The van der Waals surface area contributed by atoms with Gasteiger partial charge in [0.05, 0.1) is 6.42 Å². The summed E-state index contributed by atoms with van der Waals surface area (Å²) >= 11 is 0. The number of rotatable bonds is 5. The third kappa shape index (κ3) is 5.50. The van der Waals surface area contributed by atoms with Gasteiger partial charge >= 0.3 is 6.18 Å². The molecule has 0 aliphatic carbocycles. The molecule has 1 atom stereocenters. The molecule has 20 heavy (non-hydrogen) atoms. The second-order valence-corrected chi connectivity index (χ2v) is 4.84. The van der Waals surface area contributed by atoms with Crippen LogP contribution in [0.2, 0.25) is 0 Å². The molecule has 112 valence electrons. The van der Waals surface area contributed by atoms with Crippen LogP contribution in [-0.2, 0) is 11.2 Å². The van der Waals surface area contributed by atoms with E-state index in [9.17, 15) is 18.0 Å². The Morgan fingerprint density at radius 3 is 2.35 bits per heavy atom. The van der Waals surface area contributed by atoms with Gasteiger partial charge < -0.3 is 10.0 Å². The minimum Gasteiger partial charge on any atom is -0.508 e. The highest BCUT2D eigenvalue weighted by Gasteiger charge is 2.29. The smallest absolute Gasteiger partial charge is 0.389 e. The fourth-order valence-electron chi connectivity index (χ4n) is 1.78. The van der Waals surface area contributed by atoms with Gasteiger partial charge in [-0.05, 0) is 31.0 Å². The number of phenols is 1. The Morgan fingerprint density at radius 1 is 1.30 bits per heavy atom. The number of alkyl halides is 3. The highest BCUT2D eigenvalue weighted by Crippen LogP contribution is 2.22. The number of likely N-dealkylation sites (N-methyl/N-ethyl adjacent to an activating group) is 1. The number of hydrogen-bond donors (Lipinski definition) is 1. The van der Waals surface area contributed by atoms with Crippen LogP contribution in [0.25, 0.3) is 0 Å². The number of phenolic OH excluding ortho intramolecular Hbond substituents is 1. The summed E-state index contributed by atoms with van der Waals surface area (Å²) in [6.45, 7) is 1.78. The molecular formula is C14H18F3NO2. The molecule has 0 bridgehead atoms. The molecule has 1 aromatic carbocycles. The molecule has 0 aliphatic heterocycles. The Kier molecular flexibility index (Phi) is 5.42. The van der Waals surface area contributed by atoms with Crippen molar-refractivity contribution in [1.29, 1.82) is 0 Å². The summed E-state index contributed by atoms with van der Waals surface area (Å²) < 4.78 is 36.2. The first-order chi connectivity index (χ1) is 9.19.